The molecule has 3 heterocycles. The molecule has 7 aromatic carbocycles. The lowest BCUT2D eigenvalue weighted by Crippen LogP contribution is -2.01. The molecule has 0 aliphatic heterocycles. The summed E-state index contributed by atoms with van der Waals surface area (Å²) < 4.78 is 0. The maximum absolute atomic E-state index is 5.02. The summed E-state index contributed by atoms with van der Waals surface area (Å²) in [7, 11) is 0. The Morgan fingerprint density at radius 3 is 1.15 bits per heavy atom. The molecule has 60 heavy (non-hydrogen) atoms. The van der Waals surface area contributed by atoms with Crippen molar-refractivity contribution in [2.75, 3.05) is 0 Å². The van der Waals surface area contributed by atoms with Gasteiger partial charge in [-0.05, 0) is 121 Å². The standard InChI is InChI=1S/C55H37N5/c1-4-13-38(14-5-1)40-23-25-41(26-24-40)48-32-49(44-20-10-19-43(31-44)39-15-6-2-7-16-39)34-50(33-48)51-28-27-45(35-52(51)42-17-8-3-9-18-42)53-58-54(46-21-11-29-56-36-46)60-55(59-53)47-22-12-30-57-37-47/h1-37H. The molecule has 0 N–H and O–H groups in total. The van der Waals surface area contributed by atoms with E-state index >= 15 is 0 Å². The zero-order chi connectivity index (χ0) is 40.1. The average Bonchev–Trinajstić information content (AvgIpc) is 3.35. The molecule has 5 nitrogen and oxygen atoms in total. The first-order chi connectivity index (χ1) is 29.7. The number of benzene rings is 7. The minimum absolute atomic E-state index is 0.547. The first-order valence-electron chi connectivity index (χ1n) is 20.0. The van der Waals surface area contributed by atoms with Gasteiger partial charge in [0.1, 0.15) is 0 Å². The molecule has 10 rings (SSSR count). The maximum atomic E-state index is 5.02. The Morgan fingerprint density at radius 1 is 0.217 bits per heavy atom. The van der Waals surface area contributed by atoms with Crippen molar-refractivity contribution in [2.24, 2.45) is 0 Å². The Morgan fingerprint density at radius 2 is 0.600 bits per heavy atom. The summed E-state index contributed by atoms with van der Waals surface area (Å²) in [4.78, 5) is 23.6. The van der Waals surface area contributed by atoms with Crippen molar-refractivity contribution in [3.63, 3.8) is 0 Å². The summed E-state index contributed by atoms with van der Waals surface area (Å²) >= 11 is 0. The van der Waals surface area contributed by atoms with Gasteiger partial charge in [-0.1, -0.05) is 146 Å². The van der Waals surface area contributed by atoms with E-state index in [9.17, 15) is 0 Å². The SMILES string of the molecule is c1ccc(-c2ccc(-c3cc(-c4cccc(-c5ccccc5)c4)cc(-c4ccc(-c5nc(-c6cccnc6)nc(-c6cccnc6)n5)cc4-c4ccccc4)c3)cc2)cc1. The van der Waals surface area contributed by atoms with E-state index in [-0.39, 0.29) is 0 Å². The third-order valence-electron chi connectivity index (χ3n) is 10.7. The fraction of sp³-hybridized carbons (Fsp3) is 0. The Bertz CT molecular complexity index is 2990. The zero-order valence-electron chi connectivity index (χ0n) is 32.6. The lowest BCUT2D eigenvalue weighted by molar-refractivity contribution is 1.07. The minimum Gasteiger partial charge on any atom is -0.264 e. The highest BCUT2D eigenvalue weighted by Gasteiger charge is 2.17. The van der Waals surface area contributed by atoms with Gasteiger partial charge >= 0.3 is 0 Å². The Balaban J connectivity index is 1.15. The molecule has 0 amide bonds. The predicted molar refractivity (Wildman–Crippen MR) is 244 cm³/mol. The van der Waals surface area contributed by atoms with Crippen molar-refractivity contribution in [3.8, 4) is 101 Å². The van der Waals surface area contributed by atoms with E-state index in [1.54, 1.807) is 24.8 Å². The largest absolute Gasteiger partial charge is 0.264 e. The number of rotatable bonds is 9. The fourth-order valence-electron chi connectivity index (χ4n) is 7.66. The van der Waals surface area contributed by atoms with Crippen molar-refractivity contribution in [1.29, 1.82) is 0 Å². The zero-order valence-corrected chi connectivity index (χ0v) is 32.6. The van der Waals surface area contributed by atoms with E-state index in [4.69, 9.17) is 15.0 Å². The van der Waals surface area contributed by atoms with Gasteiger partial charge in [0.2, 0.25) is 0 Å². The van der Waals surface area contributed by atoms with Gasteiger partial charge in [0, 0.05) is 41.5 Å². The van der Waals surface area contributed by atoms with Gasteiger partial charge in [-0.3, -0.25) is 9.97 Å². The van der Waals surface area contributed by atoms with Crippen LogP contribution in [0.15, 0.2) is 225 Å². The van der Waals surface area contributed by atoms with E-state index in [1.165, 1.54) is 22.3 Å². The summed E-state index contributed by atoms with van der Waals surface area (Å²) in [5.41, 5.74) is 16.2. The molecule has 0 fully saturated rings. The van der Waals surface area contributed by atoms with Crippen molar-refractivity contribution >= 4 is 0 Å². The molecule has 0 spiro atoms. The first-order valence-corrected chi connectivity index (χ1v) is 20.0. The lowest BCUT2D eigenvalue weighted by Gasteiger charge is -2.17. The third-order valence-corrected chi connectivity index (χ3v) is 10.7. The fourth-order valence-corrected chi connectivity index (χ4v) is 7.66. The van der Waals surface area contributed by atoms with Gasteiger partial charge in [-0.2, -0.15) is 0 Å². The molecule has 3 aromatic heterocycles. The van der Waals surface area contributed by atoms with Crippen molar-refractivity contribution < 1.29 is 0 Å². The van der Waals surface area contributed by atoms with Crippen LogP contribution in [0.3, 0.4) is 0 Å². The second kappa shape index (κ2) is 16.4. The molecule has 0 bridgehead atoms. The molecule has 0 saturated heterocycles. The number of aromatic nitrogens is 5. The highest BCUT2D eigenvalue weighted by molar-refractivity contribution is 5.91. The highest BCUT2D eigenvalue weighted by Crippen LogP contribution is 2.40. The van der Waals surface area contributed by atoms with E-state index in [0.717, 1.165) is 61.2 Å². The molecule has 0 aliphatic carbocycles. The second-order valence-electron chi connectivity index (χ2n) is 14.6. The Hall–Kier alpha value is -8.15. The monoisotopic (exact) mass is 767 g/mol. The van der Waals surface area contributed by atoms with Crippen molar-refractivity contribution in [3.05, 3.63) is 225 Å². The average molecular weight is 768 g/mol. The molecule has 5 heteroatoms. The van der Waals surface area contributed by atoms with Crippen LogP contribution in [0.5, 0.6) is 0 Å². The van der Waals surface area contributed by atoms with E-state index in [0.29, 0.717) is 17.5 Å². The smallest absolute Gasteiger partial charge is 0.165 e. The van der Waals surface area contributed by atoms with E-state index in [1.807, 2.05) is 24.3 Å². The van der Waals surface area contributed by atoms with Crippen LogP contribution in [-0.2, 0) is 0 Å². The molecule has 0 unspecified atom stereocenters. The number of nitrogens with zero attached hydrogens (tertiary/aromatic N) is 5. The van der Waals surface area contributed by atoms with Crippen molar-refractivity contribution in [1.82, 2.24) is 24.9 Å². The van der Waals surface area contributed by atoms with Crippen LogP contribution in [0.4, 0.5) is 0 Å². The van der Waals surface area contributed by atoms with Crippen LogP contribution in [0, 0.1) is 0 Å². The lowest BCUT2D eigenvalue weighted by atomic mass is 9.88. The van der Waals surface area contributed by atoms with Crippen LogP contribution in [-0.4, -0.2) is 24.9 Å². The molecular formula is C55H37N5. The molecule has 0 atom stereocenters. The molecule has 0 saturated carbocycles. The third kappa shape index (κ3) is 7.63. The van der Waals surface area contributed by atoms with Gasteiger partial charge < -0.3 is 0 Å². The van der Waals surface area contributed by atoms with Crippen LogP contribution in [0.2, 0.25) is 0 Å². The molecule has 0 radical (unpaired) electrons. The van der Waals surface area contributed by atoms with Crippen LogP contribution < -0.4 is 0 Å². The van der Waals surface area contributed by atoms with Gasteiger partial charge in [0.15, 0.2) is 17.5 Å². The minimum atomic E-state index is 0.547. The summed E-state index contributed by atoms with van der Waals surface area (Å²) in [5.74, 6) is 1.66. The molecule has 0 aliphatic rings. The van der Waals surface area contributed by atoms with E-state index in [2.05, 4.69) is 186 Å². The summed E-state index contributed by atoms with van der Waals surface area (Å²) in [5, 5.41) is 0. The molecular weight excluding hydrogens is 731 g/mol. The van der Waals surface area contributed by atoms with Crippen LogP contribution in [0.1, 0.15) is 0 Å². The second-order valence-corrected chi connectivity index (χ2v) is 14.6. The number of hydrogen-bond acceptors (Lipinski definition) is 5. The van der Waals surface area contributed by atoms with Crippen molar-refractivity contribution in [2.45, 2.75) is 0 Å². The molecule has 10 aromatic rings. The Kier molecular flexibility index (Phi) is 9.88. The van der Waals surface area contributed by atoms with Gasteiger partial charge in [0.25, 0.3) is 0 Å². The highest BCUT2D eigenvalue weighted by atomic mass is 15.0. The summed E-state index contributed by atoms with van der Waals surface area (Å²) in [6.45, 7) is 0. The first kappa shape index (κ1) is 36.2. The van der Waals surface area contributed by atoms with Gasteiger partial charge in [0.05, 0.1) is 0 Å². The quantitative estimate of drug-likeness (QED) is 0.146. The Labute approximate surface area is 349 Å². The van der Waals surface area contributed by atoms with E-state index < -0.39 is 0 Å². The van der Waals surface area contributed by atoms with Gasteiger partial charge in [-0.25, -0.2) is 15.0 Å². The van der Waals surface area contributed by atoms with Gasteiger partial charge in [-0.15, -0.1) is 0 Å². The topological polar surface area (TPSA) is 64.5 Å². The summed E-state index contributed by atoms with van der Waals surface area (Å²) in [6.07, 6.45) is 7.05. The summed E-state index contributed by atoms with van der Waals surface area (Å²) in [6, 6.07) is 70.5. The van der Waals surface area contributed by atoms with Crippen LogP contribution >= 0.6 is 0 Å². The number of hydrogen-bond donors (Lipinski definition) is 0. The normalized spacial score (nSPS) is 11.0. The molecule has 282 valence electrons. The maximum Gasteiger partial charge on any atom is 0.165 e. The van der Waals surface area contributed by atoms with Crippen LogP contribution in [0.25, 0.3) is 101 Å². The predicted octanol–water partition coefficient (Wildman–Crippen LogP) is 13.7. The number of pyridine rings is 2.